The second-order valence-electron chi connectivity index (χ2n) is 5.47. The average molecular weight is 330 g/mol. The third-order valence-corrected chi connectivity index (χ3v) is 3.32. The number of hydrogen-bond acceptors (Lipinski definition) is 4. The van der Waals surface area contributed by atoms with E-state index in [9.17, 15) is 4.39 Å². The number of hydrogen-bond donors (Lipinski definition) is 1. The lowest BCUT2D eigenvalue weighted by atomic mass is 10.1. The van der Waals surface area contributed by atoms with Gasteiger partial charge in [0.2, 0.25) is 0 Å². The fourth-order valence-electron chi connectivity index (χ4n) is 1.99. The molecule has 0 atom stereocenters. The highest BCUT2D eigenvalue weighted by Gasteiger charge is 2.13. The van der Waals surface area contributed by atoms with Crippen molar-refractivity contribution >= 4 is 0 Å². The van der Waals surface area contributed by atoms with Crippen molar-refractivity contribution in [3.05, 3.63) is 35.7 Å². The number of benzene rings is 1. The summed E-state index contributed by atoms with van der Waals surface area (Å²) in [6, 6.07) is 4.83. The predicted molar refractivity (Wildman–Crippen MR) is 91.9 cm³/mol. The molecule has 0 fully saturated rings. The molecule has 0 aliphatic heterocycles. The Bertz CT molecular complexity index is 786. The van der Waals surface area contributed by atoms with Crippen molar-refractivity contribution < 1.29 is 4.39 Å². The van der Waals surface area contributed by atoms with E-state index in [0.717, 1.165) is 18.1 Å². The van der Waals surface area contributed by atoms with Crippen LogP contribution in [0.15, 0.2) is 18.2 Å². The van der Waals surface area contributed by atoms with Crippen molar-refractivity contribution in [1.82, 2.24) is 29.9 Å². The SMILES string of the molecule is CCC.CCc1nc(-c2ccc(-c3nc(C)n(C)n3)cc2F)n[nH]1. The zero-order valence-electron chi connectivity index (χ0n) is 14.8. The Morgan fingerprint density at radius 2 is 1.83 bits per heavy atom. The van der Waals surface area contributed by atoms with E-state index in [1.54, 1.807) is 23.9 Å². The molecule has 0 aliphatic rings. The van der Waals surface area contributed by atoms with Crippen molar-refractivity contribution in [3.8, 4) is 22.8 Å². The number of nitrogens with zero attached hydrogens (tertiary/aromatic N) is 5. The highest BCUT2D eigenvalue weighted by molar-refractivity contribution is 5.63. The molecule has 1 aromatic carbocycles. The Balaban J connectivity index is 0.000000647. The average Bonchev–Trinajstić information content (AvgIpc) is 3.15. The standard InChI is InChI=1S/C14H15FN6.C3H8/c1-4-12-17-14(19-18-12)10-6-5-9(7-11(10)15)13-16-8(2)21(3)20-13;1-3-2/h5-7H,4H2,1-3H3,(H,17,18,19);3H2,1-2H3. The van der Waals surface area contributed by atoms with Crippen LogP contribution in [0.25, 0.3) is 22.8 Å². The monoisotopic (exact) mass is 330 g/mol. The number of nitrogens with one attached hydrogen (secondary N) is 1. The molecule has 24 heavy (non-hydrogen) atoms. The molecule has 7 heteroatoms. The summed E-state index contributed by atoms with van der Waals surface area (Å²) < 4.78 is 15.9. The van der Waals surface area contributed by atoms with E-state index >= 15 is 0 Å². The molecule has 2 aromatic heterocycles. The molecule has 0 amide bonds. The molecule has 2 heterocycles. The van der Waals surface area contributed by atoms with Crippen LogP contribution in [0, 0.1) is 12.7 Å². The fraction of sp³-hybridized carbons (Fsp3) is 0.412. The van der Waals surface area contributed by atoms with E-state index in [0.29, 0.717) is 22.8 Å². The van der Waals surface area contributed by atoms with E-state index in [1.165, 1.54) is 12.5 Å². The largest absolute Gasteiger partial charge is 0.263 e. The molecule has 0 radical (unpaired) electrons. The van der Waals surface area contributed by atoms with Gasteiger partial charge in [0, 0.05) is 19.0 Å². The second kappa shape index (κ2) is 7.81. The topological polar surface area (TPSA) is 72.3 Å². The van der Waals surface area contributed by atoms with Crippen molar-refractivity contribution in [1.29, 1.82) is 0 Å². The molecule has 0 spiro atoms. The highest BCUT2D eigenvalue weighted by Crippen LogP contribution is 2.24. The van der Waals surface area contributed by atoms with E-state index in [1.807, 2.05) is 13.8 Å². The maximum atomic E-state index is 14.3. The Labute approximate surface area is 141 Å². The molecule has 3 aromatic rings. The minimum atomic E-state index is -0.390. The molecule has 1 N–H and O–H groups in total. The Morgan fingerprint density at radius 1 is 1.12 bits per heavy atom. The number of H-pyrrole nitrogens is 1. The quantitative estimate of drug-likeness (QED) is 0.795. The van der Waals surface area contributed by atoms with Crippen molar-refractivity contribution in [3.63, 3.8) is 0 Å². The number of halogens is 1. The van der Waals surface area contributed by atoms with Crippen molar-refractivity contribution in [2.75, 3.05) is 0 Å². The molecule has 0 saturated carbocycles. The van der Waals surface area contributed by atoms with Gasteiger partial charge < -0.3 is 0 Å². The smallest absolute Gasteiger partial charge is 0.184 e. The first-order valence-electron chi connectivity index (χ1n) is 8.09. The lowest BCUT2D eigenvalue weighted by Gasteiger charge is -2.00. The summed E-state index contributed by atoms with van der Waals surface area (Å²) in [6.45, 7) is 8.06. The van der Waals surface area contributed by atoms with Gasteiger partial charge in [-0.2, -0.15) is 10.2 Å². The Hall–Kier alpha value is -2.57. The van der Waals surface area contributed by atoms with E-state index < -0.39 is 0 Å². The summed E-state index contributed by atoms with van der Waals surface area (Å²) >= 11 is 0. The first kappa shape index (κ1) is 17.8. The second-order valence-corrected chi connectivity index (χ2v) is 5.47. The summed E-state index contributed by atoms with van der Waals surface area (Å²) in [6.07, 6.45) is 1.98. The molecule has 0 bridgehead atoms. The molecule has 0 unspecified atom stereocenters. The molecular formula is C17H23FN6. The van der Waals surface area contributed by atoms with Crippen LogP contribution in [-0.2, 0) is 13.5 Å². The van der Waals surface area contributed by atoms with Crippen LogP contribution >= 0.6 is 0 Å². The summed E-state index contributed by atoms with van der Waals surface area (Å²) in [5, 5.41) is 11.1. The van der Waals surface area contributed by atoms with Crippen LogP contribution in [-0.4, -0.2) is 29.9 Å². The van der Waals surface area contributed by atoms with Crippen LogP contribution in [0.4, 0.5) is 4.39 Å². The lowest BCUT2D eigenvalue weighted by molar-refractivity contribution is 0.630. The van der Waals surface area contributed by atoms with E-state index in [4.69, 9.17) is 0 Å². The van der Waals surface area contributed by atoms with Crippen molar-refractivity contribution in [2.45, 2.75) is 40.5 Å². The highest BCUT2D eigenvalue weighted by atomic mass is 19.1. The summed E-state index contributed by atoms with van der Waals surface area (Å²) in [7, 11) is 1.80. The van der Waals surface area contributed by atoms with Gasteiger partial charge in [-0.25, -0.2) is 14.4 Å². The summed E-state index contributed by atoms with van der Waals surface area (Å²) in [5.74, 6) is 1.98. The molecule has 6 nitrogen and oxygen atoms in total. The molecular weight excluding hydrogens is 307 g/mol. The van der Waals surface area contributed by atoms with Crippen LogP contribution in [0.5, 0.6) is 0 Å². The third-order valence-electron chi connectivity index (χ3n) is 3.32. The normalized spacial score (nSPS) is 10.4. The molecule has 0 saturated heterocycles. The third kappa shape index (κ3) is 3.84. The van der Waals surface area contributed by atoms with Gasteiger partial charge in [-0.15, -0.1) is 0 Å². The first-order valence-corrected chi connectivity index (χ1v) is 8.09. The number of aromatic amines is 1. The van der Waals surface area contributed by atoms with E-state index in [2.05, 4.69) is 39.1 Å². The van der Waals surface area contributed by atoms with Gasteiger partial charge >= 0.3 is 0 Å². The zero-order valence-corrected chi connectivity index (χ0v) is 14.8. The molecule has 128 valence electrons. The maximum Gasteiger partial charge on any atom is 0.184 e. The number of aromatic nitrogens is 6. The molecule has 0 aliphatic carbocycles. The first-order chi connectivity index (χ1) is 11.5. The van der Waals surface area contributed by atoms with Gasteiger partial charge in [-0.1, -0.05) is 33.3 Å². The Kier molecular flexibility index (Phi) is 5.78. The summed E-state index contributed by atoms with van der Waals surface area (Å²) in [5.41, 5.74) is 0.994. The Morgan fingerprint density at radius 3 is 2.33 bits per heavy atom. The van der Waals surface area contributed by atoms with Crippen LogP contribution in [0.1, 0.15) is 38.8 Å². The maximum absolute atomic E-state index is 14.3. The zero-order chi connectivity index (χ0) is 17.7. The van der Waals surface area contributed by atoms with Gasteiger partial charge in [-0.05, 0) is 19.1 Å². The van der Waals surface area contributed by atoms with Crippen LogP contribution in [0.2, 0.25) is 0 Å². The minimum absolute atomic E-state index is 0.362. The fourth-order valence-corrected chi connectivity index (χ4v) is 1.99. The van der Waals surface area contributed by atoms with Gasteiger partial charge in [-0.3, -0.25) is 9.78 Å². The van der Waals surface area contributed by atoms with Crippen LogP contribution < -0.4 is 0 Å². The van der Waals surface area contributed by atoms with Gasteiger partial charge in [0.05, 0.1) is 5.56 Å². The lowest BCUT2D eigenvalue weighted by Crippen LogP contribution is -1.93. The van der Waals surface area contributed by atoms with Gasteiger partial charge in [0.15, 0.2) is 11.6 Å². The van der Waals surface area contributed by atoms with Gasteiger partial charge in [0.25, 0.3) is 0 Å². The van der Waals surface area contributed by atoms with Crippen molar-refractivity contribution in [2.24, 2.45) is 7.05 Å². The molecule has 3 rings (SSSR count). The number of aryl methyl sites for hydroxylation is 3. The predicted octanol–water partition coefficient (Wildman–Crippen LogP) is 3.69. The van der Waals surface area contributed by atoms with Crippen LogP contribution in [0.3, 0.4) is 0 Å². The summed E-state index contributed by atoms with van der Waals surface area (Å²) in [4.78, 5) is 8.53. The number of rotatable bonds is 3. The van der Waals surface area contributed by atoms with Gasteiger partial charge in [0.1, 0.15) is 17.5 Å². The van der Waals surface area contributed by atoms with E-state index in [-0.39, 0.29) is 5.82 Å². The minimum Gasteiger partial charge on any atom is -0.263 e.